The third kappa shape index (κ3) is 3.88. The predicted octanol–water partition coefficient (Wildman–Crippen LogP) is 4.19. The second-order valence-corrected chi connectivity index (χ2v) is 7.27. The number of nitriles is 1. The first kappa shape index (κ1) is 20.2. The van der Waals surface area contributed by atoms with Crippen LogP contribution in [0, 0.1) is 11.3 Å². The van der Waals surface area contributed by atoms with Crippen LogP contribution in [0.25, 0.3) is 22.3 Å². The van der Waals surface area contributed by atoms with Gasteiger partial charge in [0.25, 0.3) is 0 Å². The van der Waals surface area contributed by atoms with Crippen LogP contribution in [0.3, 0.4) is 0 Å². The van der Waals surface area contributed by atoms with Gasteiger partial charge >= 0.3 is 0 Å². The van der Waals surface area contributed by atoms with Crippen molar-refractivity contribution in [2.24, 2.45) is 7.05 Å². The van der Waals surface area contributed by atoms with Crippen LogP contribution in [-0.4, -0.2) is 37.9 Å². The summed E-state index contributed by atoms with van der Waals surface area (Å²) in [6.07, 6.45) is 4.33. The van der Waals surface area contributed by atoms with Crippen LogP contribution in [0.2, 0.25) is 0 Å². The van der Waals surface area contributed by atoms with Gasteiger partial charge in [-0.25, -0.2) is 0 Å². The normalized spacial score (nSPS) is 11.8. The number of H-pyrrole nitrogens is 1. The molecule has 9 nitrogen and oxygen atoms in total. The van der Waals surface area contributed by atoms with Gasteiger partial charge in [0.05, 0.1) is 29.4 Å². The SMILES string of the molecule is CCC(C)Nc1nc(Nc2ccc(-c3ccnn3C)cc2OC)nc2[nH]cc(C#N)c12. The maximum Gasteiger partial charge on any atom is 0.231 e. The van der Waals surface area contributed by atoms with E-state index in [-0.39, 0.29) is 6.04 Å². The van der Waals surface area contributed by atoms with Crippen LogP contribution >= 0.6 is 0 Å². The van der Waals surface area contributed by atoms with E-state index in [0.717, 1.165) is 23.4 Å². The summed E-state index contributed by atoms with van der Waals surface area (Å²) >= 11 is 0. The van der Waals surface area contributed by atoms with Crippen LogP contribution < -0.4 is 15.4 Å². The molecule has 9 heteroatoms. The average Bonchev–Trinajstić information content (AvgIpc) is 3.39. The fourth-order valence-electron chi connectivity index (χ4n) is 3.35. The Labute approximate surface area is 180 Å². The number of anilines is 3. The number of nitrogens with zero attached hydrogens (tertiary/aromatic N) is 5. The van der Waals surface area contributed by atoms with Gasteiger partial charge in [-0.15, -0.1) is 0 Å². The molecule has 3 aromatic heterocycles. The van der Waals surface area contributed by atoms with Gasteiger partial charge in [0.2, 0.25) is 5.95 Å². The van der Waals surface area contributed by atoms with Crippen molar-refractivity contribution in [2.75, 3.05) is 17.7 Å². The Kier molecular flexibility index (Phi) is 5.45. The number of benzene rings is 1. The molecule has 3 N–H and O–H groups in total. The molecule has 0 spiro atoms. The van der Waals surface area contributed by atoms with Gasteiger partial charge in [-0.2, -0.15) is 20.3 Å². The molecule has 31 heavy (non-hydrogen) atoms. The molecule has 3 heterocycles. The van der Waals surface area contributed by atoms with E-state index >= 15 is 0 Å². The fraction of sp³-hybridized carbons (Fsp3) is 0.273. The minimum Gasteiger partial charge on any atom is -0.495 e. The van der Waals surface area contributed by atoms with E-state index in [1.807, 2.05) is 36.0 Å². The highest BCUT2D eigenvalue weighted by Gasteiger charge is 2.16. The molecule has 0 amide bonds. The van der Waals surface area contributed by atoms with E-state index in [1.54, 1.807) is 19.5 Å². The Morgan fingerprint density at radius 2 is 2.13 bits per heavy atom. The molecular formula is C22H24N8O. The van der Waals surface area contributed by atoms with Gasteiger partial charge in [0.1, 0.15) is 23.3 Å². The second-order valence-electron chi connectivity index (χ2n) is 7.27. The highest BCUT2D eigenvalue weighted by atomic mass is 16.5. The van der Waals surface area contributed by atoms with Crippen LogP contribution in [0.1, 0.15) is 25.8 Å². The number of aromatic nitrogens is 5. The number of fused-ring (bicyclic) bond motifs is 1. The van der Waals surface area contributed by atoms with Gasteiger partial charge < -0.3 is 20.4 Å². The van der Waals surface area contributed by atoms with E-state index < -0.39 is 0 Å². The lowest BCUT2D eigenvalue weighted by Crippen LogP contribution is -2.15. The predicted molar refractivity (Wildman–Crippen MR) is 120 cm³/mol. The summed E-state index contributed by atoms with van der Waals surface area (Å²) in [5.74, 6) is 1.67. The van der Waals surface area contributed by atoms with Crippen LogP contribution in [0.4, 0.5) is 17.5 Å². The number of nitrogens with one attached hydrogen (secondary N) is 3. The molecule has 4 rings (SSSR count). The van der Waals surface area contributed by atoms with Crippen LogP contribution in [0.15, 0.2) is 36.7 Å². The van der Waals surface area contributed by atoms with Crippen molar-refractivity contribution in [1.29, 1.82) is 5.26 Å². The van der Waals surface area contributed by atoms with Crippen molar-refractivity contribution in [3.63, 3.8) is 0 Å². The molecule has 0 aliphatic rings. The Morgan fingerprint density at radius 1 is 1.29 bits per heavy atom. The summed E-state index contributed by atoms with van der Waals surface area (Å²) in [6, 6.07) is 10.2. The van der Waals surface area contributed by atoms with Crippen molar-refractivity contribution in [2.45, 2.75) is 26.3 Å². The molecule has 0 fully saturated rings. The van der Waals surface area contributed by atoms with Crippen molar-refractivity contribution in [3.8, 4) is 23.1 Å². The second kappa shape index (κ2) is 8.36. The van der Waals surface area contributed by atoms with E-state index in [1.165, 1.54) is 0 Å². The number of hydrogen-bond donors (Lipinski definition) is 3. The summed E-state index contributed by atoms with van der Waals surface area (Å²) in [5.41, 5.74) is 3.80. The molecule has 0 aliphatic heterocycles. The van der Waals surface area contributed by atoms with Gasteiger partial charge in [0, 0.05) is 31.0 Å². The standard InChI is InChI=1S/C22H24N8O/c1-5-13(2)26-21-19-15(11-23)12-24-20(19)28-22(29-21)27-16-7-6-14(10-18(16)31-4)17-8-9-25-30(17)3/h6-10,12-13H,5H2,1-4H3,(H3,24,26,27,28,29). The number of ether oxygens (including phenoxy) is 1. The highest BCUT2D eigenvalue weighted by Crippen LogP contribution is 2.33. The molecule has 1 unspecified atom stereocenters. The van der Waals surface area contributed by atoms with Crippen molar-refractivity contribution in [1.82, 2.24) is 24.7 Å². The van der Waals surface area contributed by atoms with E-state index in [4.69, 9.17) is 4.74 Å². The number of hydrogen-bond acceptors (Lipinski definition) is 7. The number of aryl methyl sites for hydroxylation is 1. The quantitative estimate of drug-likeness (QED) is 0.413. The minimum atomic E-state index is 0.195. The topological polar surface area (TPSA) is 116 Å². The lowest BCUT2D eigenvalue weighted by molar-refractivity contribution is 0.417. The lowest BCUT2D eigenvalue weighted by atomic mass is 10.1. The minimum absolute atomic E-state index is 0.195. The molecule has 1 atom stereocenters. The van der Waals surface area contributed by atoms with Crippen LogP contribution in [-0.2, 0) is 7.05 Å². The summed E-state index contributed by atoms with van der Waals surface area (Å²) in [4.78, 5) is 12.3. The zero-order chi connectivity index (χ0) is 22.0. The first-order valence-corrected chi connectivity index (χ1v) is 10.0. The first-order valence-electron chi connectivity index (χ1n) is 10.0. The number of rotatable bonds is 7. The van der Waals surface area contributed by atoms with Crippen molar-refractivity contribution in [3.05, 3.63) is 42.2 Å². The molecule has 0 bridgehead atoms. The van der Waals surface area contributed by atoms with E-state index in [0.29, 0.717) is 34.1 Å². The lowest BCUT2D eigenvalue weighted by Gasteiger charge is -2.16. The van der Waals surface area contributed by atoms with Gasteiger partial charge in [-0.3, -0.25) is 4.68 Å². The third-order valence-corrected chi connectivity index (χ3v) is 5.21. The van der Waals surface area contributed by atoms with Crippen LogP contribution in [0.5, 0.6) is 5.75 Å². The first-order chi connectivity index (χ1) is 15.0. The fourth-order valence-corrected chi connectivity index (χ4v) is 3.35. The Balaban J connectivity index is 1.73. The summed E-state index contributed by atoms with van der Waals surface area (Å²) < 4.78 is 7.41. The Bertz CT molecular complexity index is 1270. The number of aromatic amines is 1. The van der Waals surface area contributed by atoms with E-state index in [2.05, 4.69) is 50.6 Å². The molecule has 1 aromatic carbocycles. The largest absolute Gasteiger partial charge is 0.495 e. The zero-order valence-corrected chi connectivity index (χ0v) is 17.9. The molecule has 0 radical (unpaired) electrons. The molecule has 158 valence electrons. The maximum absolute atomic E-state index is 9.45. The van der Waals surface area contributed by atoms with Gasteiger partial charge in [0.15, 0.2) is 0 Å². The monoisotopic (exact) mass is 416 g/mol. The number of methoxy groups -OCH3 is 1. The molecule has 4 aromatic rings. The third-order valence-electron chi connectivity index (χ3n) is 5.21. The molecule has 0 saturated carbocycles. The molecule has 0 aliphatic carbocycles. The average molecular weight is 416 g/mol. The summed E-state index contributed by atoms with van der Waals surface area (Å²) in [5, 5.41) is 21.0. The Hall–Kier alpha value is -4.06. The summed E-state index contributed by atoms with van der Waals surface area (Å²) in [6.45, 7) is 4.16. The zero-order valence-electron chi connectivity index (χ0n) is 17.9. The highest BCUT2D eigenvalue weighted by molar-refractivity contribution is 5.93. The van der Waals surface area contributed by atoms with Gasteiger partial charge in [-0.1, -0.05) is 13.0 Å². The summed E-state index contributed by atoms with van der Waals surface area (Å²) in [7, 11) is 3.52. The molecule has 0 saturated heterocycles. The van der Waals surface area contributed by atoms with Crippen molar-refractivity contribution >= 4 is 28.5 Å². The maximum atomic E-state index is 9.45. The Morgan fingerprint density at radius 3 is 2.81 bits per heavy atom. The van der Waals surface area contributed by atoms with Gasteiger partial charge in [-0.05, 0) is 31.5 Å². The smallest absolute Gasteiger partial charge is 0.231 e. The van der Waals surface area contributed by atoms with E-state index in [9.17, 15) is 5.26 Å². The van der Waals surface area contributed by atoms with Crippen molar-refractivity contribution < 1.29 is 4.74 Å². The molecular weight excluding hydrogens is 392 g/mol.